The van der Waals surface area contributed by atoms with E-state index in [0.29, 0.717) is 0 Å². The molecule has 5 nitrogen and oxygen atoms in total. The Kier molecular flexibility index (Phi) is 6.31. The van der Waals surface area contributed by atoms with Gasteiger partial charge >= 0.3 is 0 Å². The zero-order valence-corrected chi connectivity index (χ0v) is 28.0. The van der Waals surface area contributed by atoms with Crippen molar-refractivity contribution in [2.75, 3.05) is 0 Å². The lowest BCUT2D eigenvalue weighted by Crippen LogP contribution is -2.30. The molecule has 5 aromatic heterocycles. The van der Waals surface area contributed by atoms with Crippen LogP contribution < -0.4 is 0 Å². The molecule has 0 aliphatic heterocycles. The average Bonchev–Trinajstić information content (AvgIpc) is 3.22. The number of rotatable bonds is 4. The summed E-state index contributed by atoms with van der Waals surface area (Å²) in [6.45, 7) is 0. The summed E-state index contributed by atoms with van der Waals surface area (Å²) in [5.41, 5.74) is 16.2. The van der Waals surface area contributed by atoms with Gasteiger partial charge in [-0.2, -0.15) is 0 Å². The smallest absolute Gasteiger partial charge is 0.0978 e. The Morgan fingerprint density at radius 2 is 1.21 bits per heavy atom. The van der Waals surface area contributed by atoms with E-state index < -0.39 is 0 Å². The van der Waals surface area contributed by atoms with Crippen LogP contribution in [-0.4, -0.2) is 24.9 Å². The first-order chi connectivity index (χ1) is 25.8. The number of hydrogen-bond donors (Lipinski definition) is 0. The van der Waals surface area contributed by atoms with Gasteiger partial charge in [0.25, 0.3) is 0 Å². The molecular formula is C47H29N5. The standard InChI is InChI=1S/C47H29N5/c1-2-10-38-36(9-1)45(37-22-17-30-8-7-25-50-46(30)47(37)52-38)35-21-16-29-14-19-33-32(18-13-28-15-20-34(35)44(29)43(28)33)31-26-41(39-11-3-5-23-48-39)51-42(27-31)40-12-4-6-24-49-40/h1-27,43-44H. The summed E-state index contributed by atoms with van der Waals surface area (Å²) in [5.74, 6) is 0.347. The van der Waals surface area contributed by atoms with Crippen molar-refractivity contribution in [1.82, 2.24) is 24.9 Å². The SMILES string of the molecule is C1=CC2=C(c3c4ccccc4nc4c3ccc3cccnc34)C=CC3=CC=C4C(c5cc(-c6ccccn6)nc(-c6ccccn6)c5)=CC=C1C4C32. The Morgan fingerprint density at radius 1 is 0.481 bits per heavy atom. The van der Waals surface area contributed by atoms with Gasteiger partial charge in [-0.15, -0.1) is 0 Å². The largest absolute Gasteiger partial charge is 0.255 e. The quantitative estimate of drug-likeness (QED) is 0.139. The molecule has 0 saturated carbocycles. The van der Waals surface area contributed by atoms with Crippen LogP contribution in [0.5, 0.6) is 0 Å². The second-order valence-electron chi connectivity index (χ2n) is 13.6. The zero-order chi connectivity index (χ0) is 34.2. The molecule has 4 aliphatic rings. The summed E-state index contributed by atoms with van der Waals surface area (Å²) in [5, 5.41) is 3.36. The number of para-hydroxylation sites is 1. The molecule has 2 unspecified atom stereocenters. The fourth-order valence-electron chi connectivity index (χ4n) is 8.52. The molecule has 5 heteroatoms. The monoisotopic (exact) mass is 663 g/mol. The molecule has 52 heavy (non-hydrogen) atoms. The first kappa shape index (κ1) is 28.9. The van der Waals surface area contributed by atoms with Crippen LogP contribution in [0, 0.1) is 11.8 Å². The zero-order valence-electron chi connectivity index (χ0n) is 28.0. The topological polar surface area (TPSA) is 64.5 Å². The molecule has 0 spiro atoms. The Morgan fingerprint density at radius 3 is 2.02 bits per heavy atom. The predicted octanol–water partition coefficient (Wildman–Crippen LogP) is 10.5. The number of aromatic nitrogens is 5. The first-order valence-corrected chi connectivity index (χ1v) is 17.6. The summed E-state index contributed by atoms with van der Waals surface area (Å²) >= 11 is 0. The van der Waals surface area contributed by atoms with E-state index in [1.54, 1.807) is 0 Å². The highest BCUT2D eigenvalue weighted by Gasteiger charge is 2.41. The van der Waals surface area contributed by atoms with E-state index in [0.717, 1.165) is 61.0 Å². The van der Waals surface area contributed by atoms with Gasteiger partial charge in [0.15, 0.2) is 0 Å². The van der Waals surface area contributed by atoms with E-state index in [-0.39, 0.29) is 11.8 Å². The summed E-state index contributed by atoms with van der Waals surface area (Å²) in [6.07, 6.45) is 24.1. The number of allylic oxidation sites excluding steroid dienone is 14. The Balaban J connectivity index is 1.10. The lowest BCUT2D eigenvalue weighted by atomic mass is 9.61. The third-order valence-corrected chi connectivity index (χ3v) is 10.8. The number of nitrogens with zero attached hydrogens (tertiary/aromatic N) is 5. The van der Waals surface area contributed by atoms with E-state index in [1.807, 2.05) is 61.1 Å². The maximum atomic E-state index is 5.19. The van der Waals surface area contributed by atoms with Crippen molar-refractivity contribution in [2.45, 2.75) is 0 Å². The molecule has 0 amide bonds. The second-order valence-corrected chi connectivity index (χ2v) is 13.6. The molecule has 11 rings (SSSR count). The Labute approximate surface area is 300 Å². The van der Waals surface area contributed by atoms with Crippen LogP contribution in [0.25, 0.3) is 66.6 Å². The van der Waals surface area contributed by atoms with Crippen molar-refractivity contribution in [3.63, 3.8) is 0 Å². The minimum Gasteiger partial charge on any atom is -0.255 e. The molecule has 2 aromatic carbocycles. The number of benzene rings is 2. The summed E-state index contributed by atoms with van der Waals surface area (Å²) in [4.78, 5) is 24.4. The van der Waals surface area contributed by atoms with E-state index in [9.17, 15) is 0 Å². The predicted molar refractivity (Wildman–Crippen MR) is 210 cm³/mol. The molecule has 0 fully saturated rings. The van der Waals surface area contributed by atoms with Crippen molar-refractivity contribution in [3.05, 3.63) is 198 Å². The molecule has 5 heterocycles. The molecule has 242 valence electrons. The molecule has 0 bridgehead atoms. The molecule has 0 radical (unpaired) electrons. The fourth-order valence-corrected chi connectivity index (χ4v) is 8.52. The lowest BCUT2D eigenvalue weighted by molar-refractivity contribution is 0.569. The second kappa shape index (κ2) is 11.3. The van der Waals surface area contributed by atoms with Crippen LogP contribution in [-0.2, 0) is 0 Å². The minimum absolute atomic E-state index is 0.173. The molecule has 7 aromatic rings. The van der Waals surface area contributed by atoms with E-state index >= 15 is 0 Å². The molecule has 0 saturated heterocycles. The van der Waals surface area contributed by atoms with Gasteiger partial charge in [0.05, 0.1) is 39.3 Å². The molecule has 0 N–H and O–H groups in total. The third kappa shape index (κ3) is 4.39. The molecular weight excluding hydrogens is 635 g/mol. The van der Waals surface area contributed by atoms with E-state index in [1.165, 1.54) is 39.0 Å². The average molecular weight is 664 g/mol. The van der Waals surface area contributed by atoms with E-state index in [4.69, 9.17) is 15.0 Å². The van der Waals surface area contributed by atoms with Gasteiger partial charge in [0, 0.05) is 52.1 Å². The highest BCUT2D eigenvalue weighted by Crippen LogP contribution is 2.54. The fraction of sp³-hybridized carbons (Fsp3) is 0.0426. The molecule has 4 aliphatic carbocycles. The van der Waals surface area contributed by atoms with Crippen molar-refractivity contribution in [1.29, 1.82) is 0 Å². The number of pyridine rings is 5. The first-order valence-electron chi connectivity index (χ1n) is 17.6. The Bertz CT molecular complexity index is 2830. The highest BCUT2D eigenvalue weighted by atomic mass is 14.8. The van der Waals surface area contributed by atoms with Crippen LogP contribution in [0.3, 0.4) is 0 Å². The van der Waals surface area contributed by atoms with Gasteiger partial charge in [-0.1, -0.05) is 97.1 Å². The maximum absolute atomic E-state index is 5.19. The van der Waals surface area contributed by atoms with Crippen LogP contribution in [0.4, 0.5) is 0 Å². The van der Waals surface area contributed by atoms with Crippen molar-refractivity contribution in [2.24, 2.45) is 11.8 Å². The van der Waals surface area contributed by atoms with Crippen molar-refractivity contribution >= 4 is 43.9 Å². The molecule has 2 atom stereocenters. The summed E-state index contributed by atoms with van der Waals surface area (Å²) in [6, 6.07) is 33.3. The third-order valence-electron chi connectivity index (χ3n) is 10.8. The maximum Gasteiger partial charge on any atom is 0.0978 e. The van der Waals surface area contributed by atoms with Gasteiger partial charge in [-0.05, 0) is 87.5 Å². The van der Waals surface area contributed by atoms with Crippen molar-refractivity contribution < 1.29 is 0 Å². The van der Waals surface area contributed by atoms with Gasteiger partial charge < -0.3 is 0 Å². The highest BCUT2D eigenvalue weighted by molar-refractivity contribution is 6.14. The Hall–Kier alpha value is -6.85. The number of fused-ring (bicyclic) bond motifs is 4. The summed E-state index contributed by atoms with van der Waals surface area (Å²) in [7, 11) is 0. The van der Waals surface area contributed by atoms with E-state index in [2.05, 4.69) is 113 Å². The summed E-state index contributed by atoms with van der Waals surface area (Å²) < 4.78 is 0. The lowest BCUT2D eigenvalue weighted by Gasteiger charge is -2.42. The van der Waals surface area contributed by atoms with Gasteiger partial charge in [0.1, 0.15) is 0 Å². The van der Waals surface area contributed by atoms with Crippen LogP contribution in [0.15, 0.2) is 187 Å². The van der Waals surface area contributed by atoms with Crippen LogP contribution in [0.2, 0.25) is 0 Å². The van der Waals surface area contributed by atoms with Gasteiger partial charge in [-0.25, -0.2) is 9.97 Å². The van der Waals surface area contributed by atoms with Gasteiger partial charge in [0.2, 0.25) is 0 Å². The van der Waals surface area contributed by atoms with Crippen LogP contribution >= 0.6 is 0 Å². The normalized spacial score (nSPS) is 18.6. The van der Waals surface area contributed by atoms with Crippen molar-refractivity contribution in [3.8, 4) is 22.8 Å². The number of hydrogen-bond acceptors (Lipinski definition) is 5. The van der Waals surface area contributed by atoms with Crippen LogP contribution in [0.1, 0.15) is 11.1 Å². The minimum atomic E-state index is 0.173. The van der Waals surface area contributed by atoms with Gasteiger partial charge in [-0.3, -0.25) is 15.0 Å².